The number of aromatic nitrogens is 1. The van der Waals surface area contributed by atoms with Gasteiger partial charge in [0.05, 0.1) is 11.1 Å². The zero-order valence-electron chi connectivity index (χ0n) is 6.81. The molecule has 0 aliphatic heterocycles. The number of carbonyl (C=O) groups is 1. The number of pyridine rings is 1. The number of carboxylic acids is 1. The Hall–Kier alpha value is -1.50. The van der Waals surface area contributed by atoms with Gasteiger partial charge in [-0.3, -0.25) is 0 Å². The molecule has 0 aliphatic carbocycles. The van der Waals surface area contributed by atoms with Gasteiger partial charge in [0.2, 0.25) is 0 Å². The first-order valence-corrected chi connectivity index (χ1v) is 4.61. The van der Waals surface area contributed by atoms with E-state index in [4.69, 9.17) is 5.11 Å². The Labute approximate surface area is 86.9 Å². The summed E-state index contributed by atoms with van der Waals surface area (Å²) in [4.78, 5) is 24.0. The van der Waals surface area contributed by atoms with Crippen molar-refractivity contribution in [3.05, 3.63) is 33.5 Å². The number of nitrogens with zero attached hydrogens (tertiary/aromatic N) is 2. The van der Waals surface area contributed by atoms with Gasteiger partial charge < -0.3 is 15.2 Å². The quantitative estimate of drug-likeness (QED) is 0.506. The highest BCUT2D eigenvalue weighted by Crippen LogP contribution is 2.21. The van der Waals surface area contributed by atoms with Gasteiger partial charge in [-0.15, -0.1) is 0 Å². The van der Waals surface area contributed by atoms with Gasteiger partial charge in [0.15, 0.2) is 0 Å². The van der Waals surface area contributed by atoms with Crippen LogP contribution in [0.5, 0.6) is 0 Å². The molecule has 0 radical (unpaired) electrons. The van der Waals surface area contributed by atoms with Gasteiger partial charge in [-0.05, 0) is 16.0 Å². The fourth-order valence-corrected chi connectivity index (χ4v) is 1.52. The SMILES string of the molecule is O=C(O)c1ccnc([N+](=O)[O-])c1CBr. The van der Waals surface area contributed by atoms with Crippen LogP contribution in [0.25, 0.3) is 0 Å². The van der Waals surface area contributed by atoms with E-state index in [1.54, 1.807) is 0 Å². The minimum absolute atomic E-state index is 0.0741. The second-order valence-corrected chi connectivity index (χ2v) is 2.92. The topological polar surface area (TPSA) is 93.3 Å². The lowest BCUT2D eigenvalue weighted by Gasteiger charge is -2.01. The van der Waals surface area contributed by atoms with Gasteiger partial charge >= 0.3 is 11.8 Å². The number of aromatic carboxylic acids is 1. The number of rotatable bonds is 3. The summed E-state index contributed by atoms with van der Waals surface area (Å²) in [6.45, 7) is 0. The Bertz CT molecular complexity index is 361. The van der Waals surface area contributed by atoms with Crippen LogP contribution >= 0.6 is 15.9 Å². The van der Waals surface area contributed by atoms with Crippen molar-refractivity contribution < 1.29 is 14.8 Å². The molecular formula is C7H5BrN2O4. The first kappa shape index (κ1) is 10.6. The number of alkyl halides is 1. The molecular weight excluding hydrogens is 256 g/mol. The molecule has 6 nitrogen and oxygen atoms in total. The summed E-state index contributed by atoms with van der Waals surface area (Å²) < 4.78 is 0. The van der Waals surface area contributed by atoms with E-state index < -0.39 is 16.7 Å². The maximum absolute atomic E-state index is 10.7. The second kappa shape index (κ2) is 4.14. The first-order valence-electron chi connectivity index (χ1n) is 3.49. The van der Waals surface area contributed by atoms with Crippen molar-refractivity contribution >= 4 is 27.7 Å². The summed E-state index contributed by atoms with van der Waals surface area (Å²) in [5, 5.41) is 19.3. The van der Waals surface area contributed by atoms with E-state index in [2.05, 4.69) is 20.9 Å². The van der Waals surface area contributed by atoms with E-state index in [0.29, 0.717) is 0 Å². The highest BCUT2D eigenvalue weighted by molar-refractivity contribution is 9.08. The Kier molecular flexibility index (Phi) is 3.13. The molecule has 1 rings (SSSR count). The highest BCUT2D eigenvalue weighted by atomic mass is 79.9. The Morgan fingerprint density at radius 2 is 2.36 bits per heavy atom. The van der Waals surface area contributed by atoms with Crippen molar-refractivity contribution in [2.24, 2.45) is 0 Å². The molecule has 1 N–H and O–H groups in total. The summed E-state index contributed by atoms with van der Waals surface area (Å²) >= 11 is 2.99. The third-order valence-corrected chi connectivity index (χ3v) is 2.13. The summed E-state index contributed by atoms with van der Waals surface area (Å²) in [6, 6.07) is 1.23. The zero-order valence-corrected chi connectivity index (χ0v) is 8.39. The average Bonchev–Trinajstić information content (AvgIpc) is 2.16. The highest BCUT2D eigenvalue weighted by Gasteiger charge is 2.21. The van der Waals surface area contributed by atoms with Crippen molar-refractivity contribution in [3.63, 3.8) is 0 Å². The molecule has 7 heteroatoms. The van der Waals surface area contributed by atoms with Crippen LogP contribution in [0.1, 0.15) is 15.9 Å². The molecule has 0 spiro atoms. The lowest BCUT2D eigenvalue weighted by molar-refractivity contribution is -0.390. The lowest BCUT2D eigenvalue weighted by atomic mass is 10.1. The van der Waals surface area contributed by atoms with Crippen LogP contribution in [0.15, 0.2) is 12.3 Å². The monoisotopic (exact) mass is 260 g/mol. The first-order chi connectivity index (χ1) is 6.57. The molecule has 0 fully saturated rings. The number of carboxylic acid groups (broad SMARTS) is 1. The minimum atomic E-state index is -1.20. The third kappa shape index (κ3) is 1.87. The van der Waals surface area contributed by atoms with Crippen LogP contribution in [0.4, 0.5) is 5.82 Å². The van der Waals surface area contributed by atoms with Crippen LogP contribution < -0.4 is 0 Å². The van der Waals surface area contributed by atoms with Gasteiger partial charge in [-0.25, -0.2) is 4.79 Å². The molecule has 0 amide bonds. The van der Waals surface area contributed by atoms with Gasteiger partial charge in [0, 0.05) is 5.33 Å². The van der Waals surface area contributed by atoms with Crippen molar-refractivity contribution in [2.45, 2.75) is 5.33 Å². The zero-order chi connectivity index (χ0) is 10.7. The van der Waals surface area contributed by atoms with Crippen LogP contribution in [0, 0.1) is 10.1 Å². The van der Waals surface area contributed by atoms with Crippen molar-refractivity contribution in [2.75, 3.05) is 0 Å². The molecule has 0 saturated heterocycles. The standard InChI is InChI=1S/C7H5BrN2O4/c8-3-5-4(7(11)12)1-2-9-6(5)10(13)14/h1-2H,3H2,(H,11,12). The maximum atomic E-state index is 10.7. The Morgan fingerprint density at radius 1 is 1.71 bits per heavy atom. The molecule has 14 heavy (non-hydrogen) atoms. The maximum Gasteiger partial charge on any atom is 0.368 e. The molecule has 0 unspecified atom stereocenters. The summed E-state index contributed by atoms with van der Waals surface area (Å²) in [7, 11) is 0. The van der Waals surface area contributed by atoms with Gasteiger partial charge in [0.25, 0.3) is 0 Å². The third-order valence-electron chi connectivity index (χ3n) is 1.57. The van der Waals surface area contributed by atoms with E-state index >= 15 is 0 Å². The molecule has 1 aromatic heterocycles. The van der Waals surface area contributed by atoms with E-state index in [1.807, 2.05) is 0 Å². The second-order valence-electron chi connectivity index (χ2n) is 2.36. The number of halogens is 1. The lowest BCUT2D eigenvalue weighted by Crippen LogP contribution is -2.06. The number of nitro groups is 1. The predicted octanol–water partition coefficient (Wildman–Crippen LogP) is 1.58. The predicted molar refractivity (Wildman–Crippen MR) is 50.5 cm³/mol. The average molecular weight is 261 g/mol. The molecule has 0 bridgehead atoms. The molecule has 0 aliphatic rings. The fourth-order valence-electron chi connectivity index (χ4n) is 0.971. The van der Waals surface area contributed by atoms with E-state index in [1.165, 1.54) is 6.07 Å². The molecule has 0 atom stereocenters. The normalized spacial score (nSPS) is 9.79. The van der Waals surface area contributed by atoms with Gasteiger partial charge in [0.1, 0.15) is 6.20 Å². The van der Waals surface area contributed by atoms with E-state index in [-0.39, 0.29) is 16.5 Å². The van der Waals surface area contributed by atoms with Crippen molar-refractivity contribution in [1.29, 1.82) is 0 Å². The summed E-state index contributed by atoms with van der Waals surface area (Å²) in [6.07, 6.45) is 1.10. The molecule has 1 heterocycles. The summed E-state index contributed by atoms with van der Waals surface area (Å²) in [5.74, 6) is -1.63. The largest absolute Gasteiger partial charge is 0.478 e. The van der Waals surface area contributed by atoms with E-state index in [9.17, 15) is 14.9 Å². The molecule has 0 saturated carbocycles. The van der Waals surface area contributed by atoms with Crippen LogP contribution in [-0.2, 0) is 5.33 Å². The van der Waals surface area contributed by atoms with Crippen molar-refractivity contribution in [1.82, 2.24) is 4.98 Å². The number of hydrogen-bond acceptors (Lipinski definition) is 4. The summed E-state index contributed by atoms with van der Waals surface area (Å²) in [5.41, 5.74) is -0.0337. The molecule has 1 aromatic rings. The van der Waals surface area contributed by atoms with Crippen LogP contribution in [0.3, 0.4) is 0 Å². The molecule has 74 valence electrons. The van der Waals surface area contributed by atoms with Crippen molar-refractivity contribution in [3.8, 4) is 0 Å². The van der Waals surface area contributed by atoms with Gasteiger partial charge in [-0.1, -0.05) is 15.9 Å². The minimum Gasteiger partial charge on any atom is -0.478 e. The van der Waals surface area contributed by atoms with Crippen LogP contribution in [-0.4, -0.2) is 21.0 Å². The van der Waals surface area contributed by atoms with Gasteiger partial charge in [-0.2, -0.15) is 0 Å². The van der Waals surface area contributed by atoms with Crippen LogP contribution in [0.2, 0.25) is 0 Å². The number of hydrogen-bond donors (Lipinski definition) is 1. The Morgan fingerprint density at radius 3 is 2.79 bits per heavy atom. The molecule has 0 aromatic carbocycles. The Balaban J connectivity index is 3.39. The fraction of sp³-hybridized carbons (Fsp3) is 0.143. The smallest absolute Gasteiger partial charge is 0.368 e. The van der Waals surface area contributed by atoms with E-state index in [0.717, 1.165) is 6.20 Å².